The van der Waals surface area contributed by atoms with Crippen molar-refractivity contribution in [3.8, 4) is 11.5 Å². The Bertz CT molecular complexity index is 1050. The number of anilines is 1. The molecular formula is C19H18ClN3O4. The average molecular weight is 388 g/mol. The first-order valence-corrected chi connectivity index (χ1v) is 8.46. The van der Waals surface area contributed by atoms with Crippen LogP contribution in [0.25, 0.3) is 10.9 Å². The topological polar surface area (TPSA) is 92.5 Å². The molecule has 0 spiro atoms. The number of halogens is 1. The minimum Gasteiger partial charge on any atom is -0.493 e. The van der Waals surface area contributed by atoms with Crippen molar-refractivity contribution in [3.63, 3.8) is 0 Å². The monoisotopic (exact) mass is 387 g/mol. The standard InChI is InChI=1S/C19H18ClN3O4/c1-26-16-7-11-6-12(18(24)23-15(11)9-17(16)27-2)10-21-19(25)22-14-5-3-4-13(20)8-14/h3-9H,10H2,1-2H3,(H,23,24)(H2,21,22,25). The Morgan fingerprint density at radius 1 is 1.11 bits per heavy atom. The minimum absolute atomic E-state index is 0.0615. The second-order valence-electron chi connectivity index (χ2n) is 5.74. The number of ether oxygens (including phenoxy) is 2. The van der Waals surface area contributed by atoms with Gasteiger partial charge in [-0.15, -0.1) is 0 Å². The molecule has 2 amide bonds. The Morgan fingerprint density at radius 2 is 1.85 bits per heavy atom. The fraction of sp³-hybridized carbons (Fsp3) is 0.158. The van der Waals surface area contributed by atoms with Gasteiger partial charge in [0.05, 0.1) is 19.7 Å². The van der Waals surface area contributed by atoms with E-state index in [9.17, 15) is 9.59 Å². The van der Waals surface area contributed by atoms with Crippen molar-refractivity contribution in [1.29, 1.82) is 0 Å². The number of benzene rings is 2. The zero-order valence-electron chi connectivity index (χ0n) is 14.8. The van der Waals surface area contributed by atoms with Gasteiger partial charge in [-0.2, -0.15) is 0 Å². The van der Waals surface area contributed by atoms with E-state index in [1.54, 1.807) is 42.5 Å². The Morgan fingerprint density at radius 3 is 2.56 bits per heavy atom. The molecule has 3 N–H and O–H groups in total. The summed E-state index contributed by atoms with van der Waals surface area (Å²) in [6.07, 6.45) is 0. The summed E-state index contributed by atoms with van der Waals surface area (Å²) in [6, 6.07) is 11.5. The molecule has 27 heavy (non-hydrogen) atoms. The van der Waals surface area contributed by atoms with Crippen molar-refractivity contribution >= 4 is 34.2 Å². The number of hydrogen-bond donors (Lipinski definition) is 3. The minimum atomic E-state index is -0.441. The summed E-state index contributed by atoms with van der Waals surface area (Å²) < 4.78 is 10.5. The maximum atomic E-state index is 12.3. The van der Waals surface area contributed by atoms with Gasteiger partial charge in [0.1, 0.15) is 0 Å². The van der Waals surface area contributed by atoms with E-state index >= 15 is 0 Å². The molecule has 1 aromatic heterocycles. The van der Waals surface area contributed by atoms with Crippen molar-refractivity contribution in [1.82, 2.24) is 10.3 Å². The first-order chi connectivity index (χ1) is 13.0. The van der Waals surface area contributed by atoms with Crippen molar-refractivity contribution in [2.24, 2.45) is 0 Å². The molecule has 1 heterocycles. The number of fused-ring (bicyclic) bond motifs is 1. The summed E-state index contributed by atoms with van der Waals surface area (Å²) in [7, 11) is 3.07. The SMILES string of the molecule is COc1cc2cc(CNC(=O)Nc3cccc(Cl)c3)c(=O)[nH]c2cc1OC. The molecule has 0 bridgehead atoms. The van der Waals surface area contributed by atoms with Crippen LogP contribution in [0.5, 0.6) is 11.5 Å². The zero-order chi connectivity index (χ0) is 19.4. The van der Waals surface area contributed by atoms with Gasteiger partial charge in [0, 0.05) is 34.3 Å². The summed E-state index contributed by atoms with van der Waals surface area (Å²) in [5, 5.41) is 6.59. The molecule has 2 aromatic carbocycles. The highest BCUT2D eigenvalue weighted by atomic mass is 35.5. The number of nitrogens with one attached hydrogen (secondary N) is 3. The number of aromatic nitrogens is 1. The smallest absolute Gasteiger partial charge is 0.319 e. The predicted octanol–water partition coefficient (Wildman–Crippen LogP) is 3.52. The van der Waals surface area contributed by atoms with Gasteiger partial charge >= 0.3 is 6.03 Å². The number of carbonyl (C=O) groups is 1. The lowest BCUT2D eigenvalue weighted by atomic mass is 10.1. The van der Waals surface area contributed by atoms with Gasteiger partial charge < -0.3 is 25.1 Å². The molecular weight excluding hydrogens is 370 g/mol. The molecule has 3 rings (SSSR count). The van der Waals surface area contributed by atoms with E-state index in [2.05, 4.69) is 15.6 Å². The van der Waals surface area contributed by atoms with Crippen molar-refractivity contribution in [2.75, 3.05) is 19.5 Å². The van der Waals surface area contributed by atoms with E-state index in [-0.39, 0.29) is 12.1 Å². The Hall–Kier alpha value is -3.19. The molecule has 0 aliphatic carbocycles. The van der Waals surface area contributed by atoms with Crippen LogP contribution < -0.4 is 25.7 Å². The van der Waals surface area contributed by atoms with E-state index in [4.69, 9.17) is 21.1 Å². The average Bonchev–Trinajstić information content (AvgIpc) is 2.65. The first kappa shape index (κ1) is 18.6. The van der Waals surface area contributed by atoms with Crippen molar-refractivity contribution in [3.05, 3.63) is 63.4 Å². The highest BCUT2D eigenvalue weighted by Crippen LogP contribution is 2.31. The van der Waals surface area contributed by atoms with Crippen molar-refractivity contribution < 1.29 is 14.3 Å². The maximum Gasteiger partial charge on any atom is 0.319 e. The molecule has 0 fully saturated rings. The van der Waals surface area contributed by atoms with Crippen LogP contribution in [-0.4, -0.2) is 25.2 Å². The lowest BCUT2D eigenvalue weighted by Crippen LogP contribution is -2.30. The second-order valence-corrected chi connectivity index (χ2v) is 6.17. The first-order valence-electron chi connectivity index (χ1n) is 8.08. The number of rotatable bonds is 5. The summed E-state index contributed by atoms with van der Waals surface area (Å²) in [6.45, 7) is 0.0615. The fourth-order valence-corrected chi connectivity index (χ4v) is 2.82. The molecule has 0 aliphatic heterocycles. The Kier molecular flexibility index (Phi) is 5.52. The number of hydrogen-bond acceptors (Lipinski definition) is 4. The number of urea groups is 1. The van der Waals surface area contributed by atoms with Gasteiger partial charge in [-0.3, -0.25) is 4.79 Å². The maximum absolute atomic E-state index is 12.3. The molecule has 8 heteroatoms. The van der Waals surface area contributed by atoms with Crippen LogP contribution in [-0.2, 0) is 6.54 Å². The van der Waals surface area contributed by atoms with Gasteiger partial charge in [0.25, 0.3) is 5.56 Å². The molecule has 7 nitrogen and oxygen atoms in total. The number of methoxy groups -OCH3 is 2. The number of H-pyrrole nitrogens is 1. The molecule has 0 atom stereocenters. The van der Waals surface area contributed by atoms with E-state index in [1.807, 2.05) is 0 Å². The van der Waals surface area contributed by atoms with Crippen LogP contribution in [0.4, 0.5) is 10.5 Å². The van der Waals surface area contributed by atoms with Crippen LogP contribution in [0.3, 0.4) is 0 Å². The largest absolute Gasteiger partial charge is 0.493 e. The van der Waals surface area contributed by atoms with Gasteiger partial charge in [0.2, 0.25) is 0 Å². The molecule has 140 valence electrons. The van der Waals surface area contributed by atoms with Gasteiger partial charge in [0.15, 0.2) is 11.5 Å². The van der Waals surface area contributed by atoms with Crippen molar-refractivity contribution in [2.45, 2.75) is 6.54 Å². The summed E-state index contributed by atoms with van der Waals surface area (Å²) in [4.78, 5) is 27.1. The predicted molar refractivity (Wildman–Crippen MR) is 105 cm³/mol. The normalized spacial score (nSPS) is 10.5. The van der Waals surface area contributed by atoms with Crippen LogP contribution in [0.15, 0.2) is 47.3 Å². The number of pyridine rings is 1. The summed E-state index contributed by atoms with van der Waals surface area (Å²) in [5.74, 6) is 1.07. The summed E-state index contributed by atoms with van der Waals surface area (Å²) in [5.41, 5.74) is 1.29. The van der Waals surface area contributed by atoms with Crippen LogP contribution in [0.1, 0.15) is 5.56 Å². The number of amides is 2. The van der Waals surface area contributed by atoms with E-state index in [0.29, 0.717) is 33.3 Å². The Labute approximate surface area is 160 Å². The third-order valence-corrected chi connectivity index (χ3v) is 4.18. The summed E-state index contributed by atoms with van der Waals surface area (Å²) >= 11 is 5.89. The fourth-order valence-electron chi connectivity index (χ4n) is 2.63. The van der Waals surface area contributed by atoms with E-state index in [1.165, 1.54) is 14.2 Å². The Balaban J connectivity index is 1.77. The van der Waals surface area contributed by atoms with Crippen LogP contribution in [0, 0.1) is 0 Å². The van der Waals surface area contributed by atoms with Crippen LogP contribution in [0.2, 0.25) is 5.02 Å². The van der Waals surface area contributed by atoms with Gasteiger partial charge in [-0.25, -0.2) is 4.79 Å². The van der Waals surface area contributed by atoms with E-state index < -0.39 is 6.03 Å². The third-order valence-electron chi connectivity index (χ3n) is 3.95. The molecule has 0 saturated heterocycles. The molecule has 0 aliphatic rings. The molecule has 0 radical (unpaired) electrons. The third kappa shape index (κ3) is 4.32. The number of aromatic amines is 1. The highest BCUT2D eigenvalue weighted by Gasteiger charge is 2.10. The van der Waals surface area contributed by atoms with E-state index in [0.717, 1.165) is 5.39 Å². The van der Waals surface area contributed by atoms with Gasteiger partial charge in [-0.05, 0) is 30.3 Å². The molecule has 3 aromatic rings. The lowest BCUT2D eigenvalue weighted by Gasteiger charge is -2.11. The van der Waals surface area contributed by atoms with Gasteiger partial charge in [-0.1, -0.05) is 17.7 Å². The number of carbonyl (C=O) groups excluding carboxylic acids is 1. The highest BCUT2D eigenvalue weighted by molar-refractivity contribution is 6.30. The molecule has 0 unspecified atom stereocenters. The zero-order valence-corrected chi connectivity index (χ0v) is 15.5. The van der Waals surface area contributed by atoms with Crippen LogP contribution >= 0.6 is 11.6 Å². The lowest BCUT2D eigenvalue weighted by molar-refractivity contribution is 0.251. The quantitative estimate of drug-likeness (QED) is 0.624. The molecule has 0 saturated carbocycles. The second kappa shape index (κ2) is 8.01.